The van der Waals surface area contributed by atoms with Crippen LogP contribution >= 0.6 is 11.6 Å². The van der Waals surface area contributed by atoms with Crippen LogP contribution in [0.25, 0.3) is 0 Å². The van der Waals surface area contributed by atoms with Gasteiger partial charge in [0.05, 0.1) is 5.60 Å². The fraction of sp³-hybridized carbons (Fsp3) is 0.333. The van der Waals surface area contributed by atoms with E-state index in [2.05, 4.69) is 6.08 Å². The first kappa shape index (κ1) is 9.75. The number of hydrogen-bond acceptors (Lipinski definition) is 1. The fourth-order valence-corrected chi connectivity index (χ4v) is 2.04. The number of benzene rings is 1. The second kappa shape index (κ2) is 3.41. The van der Waals surface area contributed by atoms with Gasteiger partial charge in [-0.15, -0.1) is 0 Å². The van der Waals surface area contributed by atoms with E-state index in [9.17, 15) is 5.11 Å². The molecule has 1 aliphatic carbocycles. The monoisotopic (exact) mass is 208 g/mol. The lowest BCUT2D eigenvalue weighted by molar-refractivity contribution is 0.0569. The van der Waals surface area contributed by atoms with Crippen molar-refractivity contribution in [2.24, 2.45) is 0 Å². The SMILES string of the molecule is C[C@]1(O)CC=C[C@@H]1c1ccc(Cl)cc1. The average Bonchev–Trinajstić information content (AvgIpc) is 2.47. The number of aliphatic hydroxyl groups is 1. The average molecular weight is 209 g/mol. The van der Waals surface area contributed by atoms with E-state index < -0.39 is 5.60 Å². The summed E-state index contributed by atoms with van der Waals surface area (Å²) in [5.41, 5.74) is 0.474. The van der Waals surface area contributed by atoms with Crippen LogP contribution in [0.1, 0.15) is 24.8 Å². The van der Waals surface area contributed by atoms with Gasteiger partial charge < -0.3 is 5.11 Å². The standard InChI is InChI=1S/C12H13ClO/c1-12(14)8-2-3-11(12)9-4-6-10(13)7-5-9/h2-7,11,14H,8H2,1H3/t11-,12+/m1/s1. The van der Waals surface area contributed by atoms with Gasteiger partial charge in [0, 0.05) is 10.9 Å². The summed E-state index contributed by atoms with van der Waals surface area (Å²) in [4.78, 5) is 0. The van der Waals surface area contributed by atoms with Gasteiger partial charge in [-0.05, 0) is 31.0 Å². The van der Waals surface area contributed by atoms with Crippen LogP contribution in [0.15, 0.2) is 36.4 Å². The van der Waals surface area contributed by atoms with Crippen LogP contribution in [-0.2, 0) is 0 Å². The molecule has 0 unspecified atom stereocenters. The molecule has 14 heavy (non-hydrogen) atoms. The summed E-state index contributed by atoms with van der Waals surface area (Å²) in [5.74, 6) is 0.0970. The Hall–Kier alpha value is -0.790. The van der Waals surface area contributed by atoms with Crippen molar-refractivity contribution in [3.05, 3.63) is 47.0 Å². The first-order valence-corrected chi connectivity index (χ1v) is 5.12. The molecular weight excluding hydrogens is 196 g/mol. The Bertz CT molecular complexity index is 351. The molecule has 74 valence electrons. The zero-order valence-corrected chi connectivity index (χ0v) is 8.83. The maximum atomic E-state index is 10.1. The van der Waals surface area contributed by atoms with Crippen molar-refractivity contribution >= 4 is 11.6 Å². The Morgan fingerprint density at radius 2 is 2.00 bits per heavy atom. The molecule has 1 nitrogen and oxygen atoms in total. The zero-order chi connectivity index (χ0) is 10.2. The molecule has 0 radical (unpaired) electrons. The Labute approximate surface area is 89.0 Å². The minimum atomic E-state index is -0.645. The van der Waals surface area contributed by atoms with Gasteiger partial charge in [0.2, 0.25) is 0 Å². The van der Waals surface area contributed by atoms with Gasteiger partial charge in [0.1, 0.15) is 0 Å². The van der Waals surface area contributed by atoms with E-state index in [1.54, 1.807) is 0 Å². The third kappa shape index (κ3) is 1.70. The van der Waals surface area contributed by atoms with Gasteiger partial charge in [-0.3, -0.25) is 0 Å². The number of rotatable bonds is 1. The van der Waals surface area contributed by atoms with E-state index in [-0.39, 0.29) is 5.92 Å². The molecule has 1 N–H and O–H groups in total. The molecule has 2 heteroatoms. The molecule has 0 fully saturated rings. The summed E-state index contributed by atoms with van der Waals surface area (Å²) >= 11 is 5.81. The lowest BCUT2D eigenvalue weighted by Gasteiger charge is -2.25. The molecule has 2 rings (SSSR count). The molecule has 1 aromatic rings. The molecule has 0 aromatic heterocycles. The van der Waals surface area contributed by atoms with Crippen LogP contribution < -0.4 is 0 Å². The molecule has 0 bridgehead atoms. The van der Waals surface area contributed by atoms with Crippen molar-refractivity contribution in [1.82, 2.24) is 0 Å². The molecule has 0 saturated carbocycles. The summed E-state index contributed by atoms with van der Waals surface area (Å²) in [6.45, 7) is 1.87. The summed E-state index contributed by atoms with van der Waals surface area (Å²) < 4.78 is 0. The minimum Gasteiger partial charge on any atom is -0.389 e. The maximum absolute atomic E-state index is 10.1. The highest BCUT2D eigenvalue weighted by Crippen LogP contribution is 2.37. The van der Waals surface area contributed by atoms with Crippen LogP contribution in [0, 0.1) is 0 Å². The molecule has 0 aliphatic heterocycles. The lowest BCUT2D eigenvalue weighted by atomic mass is 9.86. The van der Waals surface area contributed by atoms with E-state index >= 15 is 0 Å². The summed E-state index contributed by atoms with van der Waals surface area (Å²) in [7, 11) is 0. The van der Waals surface area contributed by atoms with Crippen LogP contribution in [0.5, 0.6) is 0 Å². The predicted octanol–water partition coefficient (Wildman–Crippen LogP) is 3.13. The number of hydrogen-bond donors (Lipinski definition) is 1. The Morgan fingerprint density at radius 1 is 1.36 bits per heavy atom. The van der Waals surface area contributed by atoms with Crippen molar-refractivity contribution in [2.45, 2.75) is 24.9 Å². The summed E-state index contributed by atoms with van der Waals surface area (Å²) in [6, 6.07) is 7.66. The highest BCUT2D eigenvalue weighted by molar-refractivity contribution is 6.30. The highest BCUT2D eigenvalue weighted by Gasteiger charge is 2.33. The van der Waals surface area contributed by atoms with E-state index in [1.807, 2.05) is 37.3 Å². The highest BCUT2D eigenvalue weighted by atomic mass is 35.5. The van der Waals surface area contributed by atoms with Crippen molar-refractivity contribution in [2.75, 3.05) is 0 Å². The van der Waals surface area contributed by atoms with Gasteiger partial charge in [-0.1, -0.05) is 35.9 Å². The normalized spacial score (nSPS) is 30.9. The van der Waals surface area contributed by atoms with Crippen LogP contribution in [0.3, 0.4) is 0 Å². The topological polar surface area (TPSA) is 20.2 Å². The molecule has 2 atom stereocenters. The minimum absolute atomic E-state index is 0.0970. The van der Waals surface area contributed by atoms with Crippen LogP contribution in [-0.4, -0.2) is 10.7 Å². The van der Waals surface area contributed by atoms with Gasteiger partial charge in [-0.25, -0.2) is 0 Å². The van der Waals surface area contributed by atoms with Crippen LogP contribution in [0.2, 0.25) is 5.02 Å². The first-order chi connectivity index (χ1) is 6.59. The van der Waals surface area contributed by atoms with Gasteiger partial charge in [0.25, 0.3) is 0 Å². The molecule has 0 spiro atoms. The van der Waals surface area contributed by atoms with Gasteiger partial charge >= 0.3 is 0 Å². The second-order valence-corrected chi connectivity index (χ2v) is 4.46. The van der Waals surface area contributed by atoms with Gasteiger partial charge in [0.15, 0.2) is 0 Å². The molecule has 0 heterocycles. The van der Waals surface area contributed by atoms with E-state index in [0.717, 1.165) is 17.0 Å². The smallest absolute Gasteiger partial charge is 0.0756 e. The quantitative estimate of drug-likeness (QED) is 0.704. The molecule has 1 aliphatic rings. The Kier molecular flexibility index (Phi) is 2.38. The number of halogens is 1. The van der Waals surface area contributed by atoms with Crippen LogP contribution in [0.4, 0.5) is 0 Å². The van der Waals surface area contributed by atoms with Crippen molar-refractivity contribution < 1.29 is 5.11 Å². The Morgan fingerprint density at radius 3 is 2.50 bits per heavy atom. The lowest BCUT2D eigenvalue weighted by Crippen LogP contribution is -2.27. The first-order valence-electron chi connectivity index (χ1n) is 4.74. The summed E-state index contributed by atoms with van der Waals surface area (Å²) in [6.07, 6.45) is 4.81. The largest absolute Gasteiger partial charge is 0.389 e. The van der Waals surface area contributed by atoms with Crippen molar-refractivity contribution in [1.29, 1.82) is 0 Å². The molecule has 0 saturated heterocycles. The van der Waals surface area contributed by atoms with E-state index in [4.69, 9.17) is 11.6 Å². The van der Waals surface area contributed by atoms with Gasteiger partial charge in [-0.2, -0.15) is 0 Å². The van der Waals surface area contributed by atoms with Crippen molar-refractivity contribution in [3.63, 3.8) is 0 Å². The molecule has 0 amide bonds. The van der Waals surface area contributed by atoms with Crippen molar-refractivity contribution in [3.8, 4) is 0 Å². The third-order valence-corrected chi connectivity index (χ3v) is 3.01. The second-order valence-electron chi connectivity index (χ2n) is 4.02. The third-order valence-electron chi connectivity index (χ3n) is 2.76. The molecule has 1 aromatic carbocycles. The summed E-state index contributed by atoms with van der Waals surface area (Å²) in [5, 5.41) is 10.8. The predicted molar refractivity (Wildman–Crippen MR) is 58.6 cm³/mol. The zero-order valence-electron chi connectivity index (χ0n) is 8.07. The fourth-order valence-electron chi connectivity index (χ4n) is 1.92. The maximum Gasteiger partial charge on any atom is 0.0756 e. The molecular formula is C12H13ClO. The van der Waals surface area contributed by atoms with E-state index in [1.165, 1.54) is 0 Å². The Balaban J connectivity index is 2.31. The van der Waals surface area contributed by atoms with E-state index in [0.29, 0.717) is 0 Å².